The van der Waals surface area contributed by atoms with Crippen molar-refractivity contribution < 1.29 is 9.84 Å². The van der Waals surface area contributed by atoms with E-state index >= 15 is 0 Å². The van der Waals surface area contributed by atoms with Crippen LogP contribution in [0.2, 0.25) is 0 Å². The number of rotatable bonds is 4. The van der Waals surface area contributed by atoms with Crippen LogP contribution in [0.5, 0.6) is 0 Å². The summed E-state index contributed by atoms with van der Waals surface area (Å²) in [5.41, 5.74) is -0.384. The predicted molar refractivity (Wildman–Crippen MR) is 64.5 cm³/mol. The summed E-state index contributed by atoms with van der Waals surface area (Å²) in [6.07, 6.45) is 6.87. The van der Waals surface area contributed by atoms with E-state index in [9.17, 15) is 5.11 Å². The van der Waals surface area contributed by atoms with E-state index in [4.69, 9.17) is 4.74 Å². The van der Waals surface area contributed by atoms with Gasteiger partial charge in [0.2, 0.25) is 0 Å². The Morgan fingerprint density at radius 3 is 2.50 bits per heavy atom. The van der Waals surface area contributed by atoms with Gasteiger partial charge in [0.15, 0.2) is 0 Å². The third-order valence-electron chi connectivity index (χ3n) is 3.91. The van der Waals surface area contributed by atoms with Crippen LogP contribution in [-0.4, -0.2) is 35.5 Å². The lowest BCUT2D eigenvalue weighted by molar-refractivity contribution is -0.0178. The van der Waals surface area contributed by atoms with E-state index in [1.807, 2.05) is 0 Å². The van der Waals surface area contributed by atoms with E-state index in [-0.39, 0.29) is 5.60 Å². The molecule has 1 aliphatic heterocycles. The van der Waals surface area contributed by atoms with Crippen LogP contribution in [0.1, 0.15) is 52.4 Å². The number of hydrogen-bond donors (Lipinski definition) is 2. The fourth-order valence-electron chi connectivity index (χ4n) is 2.90. The van der Waals surface area contributed by atoms with E-state index in [2.05, 4.69) is 19.2 Å². The van der Waals surface area contributed by atoms with Gasteiger partial charge in [-0.05, 0) is 39.5 Å². The summed E-state index contributed by atoms with van der Waals surface area (Å²) >= 11 is 0. The van der Waals surface area contributed by atoms with Crippen molar-refractivity contribution >= 4 is 0 Å². The van der Waals surface area contributed by atoms with Gasteiger partial charge >= 0.3 is 0 Å². The summed E-state index contributed by atoms with van der Waals surface area (Å²) < 4.78 is 5.90. The molecule has 1 unspecified atom stereocenters. The highest BCUT2D eigenvalue weighted by Gasteiger charge is 2.33. The van der Waals surface area contributed by atoms with E-state index < -0.39 is 5.60 Å². The van der Waals surface area contributed by atoms with Gasteiger partial charge in [-0.25, -0.2) is 0 Å². The maximum atomic E-state index is 10.2. The Hall–Kier alpha value is -0.120. The Labute approximate surface area is 98.6 Å². The van der Waals surface area contributed by atoms with Gasteiger partial charge in [-0.1, -0.05) is 12.8 Å². The lowest BCUT2D eigenvalue weighted by Gasteiger charge is -2.24. The molecule has 1 saturated carbocycles. The summed E-state index contributed by atoms with van der Waals surface area (Å²) in [6.45, 7) is 5.91. The molecular weight excluding hydrogens is 202 g/mol. The highest BCUT2D eigenvalue weighted by Crippen LogP contribution is 2.30. The van der Waals surface area contributed by atoms with Crippen molar-refractivity contribution in [3.05, 3.63) is 0 Å². The van der Waals surface area contributed by atoms with E-state index in [1.165, 1.54) is 12.8 Å². The molecule has 1 aliphatic carbocycles. The molecule has 2 fully saturated rings. The van der Waals surface area contributed by atoms with E-state index in [0.29, 0.717) is 6.10 Å². The summed E-state index contributed by atoms with van der Waals surface area (Å²) in [5, 5.41) is 13.5. The largest absolute Gasteiger partial charge is 0.389 e. The topological polar surface area (TPSA) is 41.5 Å². The van der Waals surface area contributed by atoms with Crippen molar-refractivity contribution in [3.8, 4) is 0 Å². The Balaban J connectivity index is 1.65. The SMILES string of the molecule is CC1(C)CCC(CNCC2(O)CCCC2)O1. The molecule has 0 aromatic carbocycles. The van der Waals surface area contributed by atoms with Gasteiger partial charge in [-0.3, -0.25) is 0 Å². The highest BCUT2D eigenvalue weighted by molar-refractivity contribution is 4.88. The first-order valence-electron chi connectivity index (χ1n) is 6.60. The molecule has 1 atom stereocenters. The molecular formula is C13H25NO2. The average molecular weight is 227 g/mol. The zero-order valence-electron chi connectivity index (χ0n) is 10.6. The summed E-state index contributed by atoms with van der Waals surface area (Å²) in [5.74, 6) is 0. The van der Waals surface area contributed by atoms with Crippen LogP contribution >= 0.6 is 0 Å². The summed E-state index contributed by atoms with van der Waals surface area (Å²) in [4.78, 5) is 0. The highest BCUT2D eigenvalue weighted by atomic mass is 16.5. The Bertz CT molecular complexity index is 234. The third-order valence-corrected chi connectivity index (χ3v) is 3.91. The van der Waals surface area contributed by atoms with Crippen molar-refractivity contribution in [1.82, 2.24) is 5.32 Å². The maximum absolute atomic E-state index is 10.2. The lowest BCUT2D eigenvalue weighted by Crippen LogP contribution is -2.41. The number of aliphatic hydroxyl groups is 1. The molecule has 1 saturated heterocycles. The van der Waals surface area contributed by atoms with Crippen LogP contribution in [-0.2, 0) is 4.74 Å². The average Bonchev–Trinajstić information content (AvgIpc) is 2.74. The first kappa shape index (κ1) is 12.3. The van der Waals surface area contributed by atoms with Gasteiger partial charge in [0.1, 0.15) is 0 Å². The number of ether oxygens (including phenoxy) is 1. The van der Waals surface area contributed by atoms with E-state index in [1.54, 1.807) is 0 Å². The molecule has 0 aromatic rings. The van der Waals surface area contributed by atoms with Crippen LogP contribution in [0.3, 0.4) is 0 Å². The molecule has 0 bridgehead atoms. The van der Waals surface area contributed by atoms with E-state index in [0.717, 1.165) is 38.8 Å². The standard InChI is InChI=1S/C13H25NO2/c1-12(2)8-5-11(16-12)9-14-10-13(15)6-3-4-7-13/h11,14-15H,3-10H2,1-2H3. The van der Waals surface area contributed by atoms with Gasteiger partial charge in [-0.2, -0.15) is 0 Å². The summed E-state index contributed by atoms with van der Waals surface area (Å²) in [7, 11) is 0. The van der Waals surface area contributed by atoms with Crippen LogP contribution in [0.4, 0.5) is 0 Å². The van der Waals surface area contributed by atoms with Crippen LogP contribution < -0.4 is 5.32 Å². The molecule has 0 spiro atoms. The molecule has 94 valence electrons. The smallest absolute Gasteiger partial charge is 0.0771 e. The van der Waals surface area contributed by atoms with Gasteiger partial charge in [0, 0.05) is 13.1 Å². The molecule has 3 heteroatoms. The van der Waals surface area contributed by atoms with Crippen LogP contribution in [0, 0.1) is 0 Å². The molecule has 2 rings (SSSR count). The van der Waals surface area contributed by atoms with Crippen molar-refractivity contribution in [3.63, 3.8) is 0 Å². The zero-order valence-corrected chi connectivity index (χ0v) is 10.6. The van der Waals surface area contributed by atoms with Gasteiger partial charge in [0.05, 0.1) is 17.3 Å². The first-order chi connectivity index (χ1) is 7.49. The molecule has 2 N–H and O–H groups in total. The summed E-state index contributed by atoms with van der Waals surface area (Å²) in [6, 6.07) is 0. The fourth-order valence-corrected chi connectivity index (χ4v) is 2.90. The Morgan fingerprint density at radius 2 is 1.94 bits per heavy atom. The van der Waals surface area contributed by atoms with Gasteiger partial charge in [-0.15, -0.1) is 0 Å². The van der Waals surface area contributed by atoms with Crippen molar-refractivity contribution in [2.24, 2.45) is 0 Å². The minimum Gasteiger partial charge on any atom is -0.389 e. The number of nitrogens with one attached hydrogen (secondary N) is 1. The normalized spacial score (nSPS) is 32.1. The Kier molecular flexibility index (Phi) is 3.57. The fraction of sp³-hybridized carbons (Fsp3) is 1.00. The third kappa shape index (κ3) is 3.19. The molecule has 0 aromatic heterocycles. The maximum Gasteiger partial charge on any atom is 0.0771 e. The first-order valence-corrected chi connectivity index (χ1v) is 6.60. The quantitative estimate of drug-likeness (QED) is 0.770. The second kappa shape index (κ2) is 4.63. The van der Waals surface area contributed by atoms with Gasteiger partial charge < -0.3 is 15.2 Å². The number of hydrogen-bond acceptors (Lipinski definition) is 3. The van der Waals surface area contributed by atoms with Crippen LogP contribution in [0.25, 0.3) is 0 Å². The van der Waals surface area contributed by atoms with Gasteiger partial charge in [0.25, 0.3) is 0 Å². The van der Waals surface area contributed by atoms with Crippen LogP contribution in [0.15, 0.2) is 0 Å². The molecule has 0 radical (unpaired) electrons. The Morgan fingerprint density at radius 1 is 1.25 bits per heavy atom. The monoisotopic (exact) mass is 227 g/mol. The molecule has 16 heavy (non-hydrogen) atoms. The predicted octanol–water partition coefficient (Wildman–Crippen LogP) is 1.84. The molecule has 1 heterocycles. The molecule has 0 amide bonds. The van der Waals surface area contributed by atoms with Crippen molar-refractivity contribution in [1.29, 1.82) is 0 Å². The van der Waals surface area contributed by atoms with Crippen molar-refractivity contribution in [2.45, 2.75) is 69.7 Å². The second-order valence-electron chi connectivity index (χ2n) is 6.10. The minimum absolute atomic E-state index is 0.0522. The molecule has 2 aliphatic rings. The zero-order chi connectivity index (χ0) is 11.6. The minimum atomic E-state index is -0.436. The molecule has 3 nitrogen and oxygen atoms in total. The van der Waals surface area contributed by atoms with Crippen molar-refractivity contribution in [2.75, 3.05) is 13.1 Å². The second-order valence-corrected chi connectivity index (χ2v) is 6.10. The lowest BCUT2D eigenvalue weighted by atomic mass is 10.0.